The number of sulfone groups is 1. The Kier molecular flexibility index (Phi) is 5.83. The summed E-state index contributed by atoms with van der Waals surface area (Å²) >= 11 is 0. The highest BCUT2D eigenvalue weighted by atomic mass is 32.2. The molecule has 0 aromatic heterocycles. The molecule has 6 nitrogen and oxygen atoms in total. The lowest BCUT2D eigenvalue weighted by atomic mass is 10.1. The smallest absolute Gasteiger partial charge is 0.341 e. The van der Waals surface area contributed by atoms with Crippen molar-refractivity contribution in [3.05, 3.63) is 54.1 Å². The maximum Gasteiger partial charge on any atom is 0.341 e. The predicted molar refractivity (Wildman–Crippen MR) is 101 cm³/mol. The molecule has 1 amide bonds. The highest BCUT2D eigenvalue weighted by molar-refractivity contribution is 7.91. The Hall–Kier alpha value is -2.68. The topological polar surface area (TPSA) is 66.9 Å². The summed E-state index contributed by atoms with van der Waals surface area (Å²) in [5, 5.41) is 0. The predicted octanol–water partition coefficient (Wildman–Crippen LogP) is 2.65. The number of hydrogen-bond acceptors (Lipinski definition) is 5. The monoisotopic (exact) mass is 410 g/mol. The van der Waals surface area contributed by atoms with Crippen molar-refractivity contribution in [2.45, 2.75) is 10.7 Å². The number of rotatable bonds is 5. The van der Waals surface area contributed by atoms with Gasteiger partial charge in [-0.05, 0) is 36.4 Å². The molecule has 0 N–H and O–H groups in total. The molecule has 0 unspecified atom stereocenters. The van der Waals surface area contributed by atoms with Gasteiger partial charge in [-0.15, -0.1) is 0 Å². The number of piperazine rings is 1. The van der Waals surface area contributed by atoms with E-state index in [1.165, 1.54) is 12.1 Å². The van der Waals surface area contributed by atoms with Crippen molar-refractivity contribution in [1.82, 2.24) is 4.90 Å². The summed E-state index contributed by atoms with van der Waals surface area (Å²) in [6.07, 6.45) is 0. The van der Waals surface area contributed by atoms with Gasteiger partial charge in [0, 0.05) is 31.7 Å². The fourth-order valence-corrected chi connectivity index (χ4v) is 3.84. The average Bonchev–Trinajstić information content (AvgIpc) is 2.73. The second-order valence-corrected chi connectivity index (χ2v) is 8.20. The first kappa shape index (κ1) is 20.1. The first-order valence-electron chi connectivity index (χ1n) is 8.64. The van der Waals surface area contributed by atoms with Crippen LogP contribution in [0.1, 0.15) is 10.4 Å². The highest BCUT2D eigenvalue weighted by Crippen LogP contribution is 2.28. The summed E-state index contributed by atoms with van der Waals surface area (Å²) in [5.74, 6) is -2.99. The van der Waals surface area contributed by atoms with Gasteiger partial charge >= 0.3 is 5.76 Å². The van der Waals surface area contributed by atoms with Crippen LogP contribution < -0.4 is 9.64 Å². The van der Waals surface area contributed by atoms with E-state index in [4.69, 9.17) is 4.74 Å². The second-order valence-electron chi connectivity index (χ2n) is 6.28. The Labute approximate surface area is 162 Å². The summed E-state index contributed by atoms with van der Waals surface area (Å²) in [5.41, 5.74) is 1.22. The van der Waals surface area contributed by atoms with Gasteiger partial charge in [0.15, 0.2) is 0 Å². The van der Waals surface area contributed by atoms with Crippen LogP contribution in [-0.2, 0) is 9.84 Å². The quantitative estimate of drug-likeness (QED) is 0.758. The molecule has 2 aromatic rings. The van der Waals surface area contributed by atoms with Crippen molar-refractivity contribution in [3.8, 4) is 5.75 Å². The number of carbonyl (C=O) groups excluding carboxylic acids is 1. The van der Waals surface area contributed by atoms with Gasteiger partial charge in [-0.25, -0.2) is 8.42 Å². The standard InChI is InChI=1S/C19H20F2N2O4S/c1-27-17-5-3-2-4-16(17)22-10-12-23(13-11-22)18(24)14-6-8-15(9-7-14)28(25,26)19(20)21/h2-9,19H,10-13H2,1H3. The Balaban J connectivity index is 1.67. The van der Waals surface area contributed by atoms with Crippen LogP contribution >= 0.6 is 0 Å². The molecule has 150 valence electrons. The van der Waals surface area contributed by atoms with Crippen LogP contribution in [-0.4, -0.2) is 58.3 Å². The molecule has 1 aliphatic heterocycles. The third-order valence-electron chi connectivity index (χ3n) is 4.66. The maximum absolute atomic E-state index is 12.6. The Bertz CT molecular complexity index is 941. The number of alkyl halides is 2. The van der Waals surface area contributed by atoms with Crippen LogP contribution in [0.15, 0.2) is 53.4 Å². The van der Waals surface area contributed by atoms with Crippen LogP contribution in [0, 0.1) is 0 Å². The molecule has 0 aliphatic carbocycles. The third kappa shape index (κ3) is 3.94. The van der Waals surface area contributed by atoms with E-state index in [-0.39, 0.29) is 11.5 Å². The Morgan fingerprint density at radius 3 is 2.18 bits per heavy atom. The van der Waals surface area contributed by atoms with E-state index in [9.17, 15) is 22.0 Å². The van der Waals surface area contributed by atoms with E-state index in [1.54, 1.807) is 12.0 Å². The van der Waals surface area contributed by atoms with Crippen LogP contribution in [0.3, 0.4) is 0 Å². The number of nitrogens with zero attached hydrogens (tertiary/aromatic N) is 2. The Morgan fingerprint density at radius 1 is 1.00 bits per heavy atom. The van der Waals surface area contributed by atoms with Gasteiger partial charge in [0.2, 0.25) is 9.84 Å². The van der Waals surface area contributed by atoms with Gasteiger partial charge in [0.05, 0.1) is 17.7 Å². The zero-order valence-corrected chi connectivity index (χ0v) is 16.0. The molecule has 2 aromatic carbocycles. The van der Waals surface area contributed by atoms with Crippen LogP contribution in [0.4, 0.5) is 14.5 Å². The fourth-order valence-electron chi connectivity index (χ4n) is 3.11. The summed E-state index contributed by atoms with van der Waals surface area (Å²) in [6, 6.07) is 12.3. The number of anilines is 1. The summed E-state index contributed by atoms with van der Waals surface area (Å²) in [4.78, 5) is 15.9. The van der Waals surface area contributed by atoms with Gasteiger partial charge in [-0.2, -0.15) is 8.78 Å². The third-order valence-corrected chi connectivity index (χ3v) is 6.06. The molecule has 0 spiro atoms. The van der Waals surface area contributed by atoms with E-state index in [1.807, 2.05) is 24.3 Å². The molecular weight excluding hydrogens is 390 g/mol. The molecular formula is C19H20F2N2O4S. The van der Waals surface area contributed by atoms with Crippen molar-refractivity contribution in [1.29, 1.82) is 0 Å². The second kappa shape index (κ2) is 8.14. The highest BCUT2D eigenvalue weighted by Gasteiger charge is 2.27. The SMILES string of the molecule is COc1ccccc1N1CCN(C(=O)c2ccc(S(=O)(=O)C(F)F)cc2)CC1. The number of hydrogen-bond donors (Lipinski definition) is 0. The molecule has 28 heavy (non-hydrogen) atoms. The molecule has 3 rings (SSSR count). The maximum atomic E-state index is 12.6. The molecule has 1 heterocycles. The van der Waals surface area contributed by atoms with Gasteiger partial charge in [-0.3, -0.25) is 4.79 Å². The van der Waals surface area contributed by atoms with E-state index in [2.05, 4.69) is 4.90 Å². The van der Waals surface area contributed by atoms with Crippen molar-refractivity contribution < 1.29 is 26.7 Å². The zero-order chi connectivity index (χ0) is 20.3. The first-order chi connectivity index (χ1) is 13.3. The zero-order valence-electron chi connectivity index (χ0n) is 15.2. The van der Waals surface area contributed by atoms with Crippen LogP contribution in [0.25, 0.3) is 0 Å². The molecule has 1 aliphatic rings. The van der Waals surface area contributed by atoms with Crippen molar-refractivity contribution >= 4 is 21.4 Å². The largest absolute Gasteiger partial charge is 0.495 e. The molecule has 0 radical (unpaired) electrons. The summed E-state index contributed by atoms with van der Waals surface area (Å²) < 4.78 is 53.5. The lowest BCUT2D eigenvalue weighted by molar-refractivity contribution is 0.0746. The molecule has 0 atom stereocenters. The van der Waals surface area contributed by atoms with E-state index >= 15 is 0 Å². The van der Waals surface area contributed by atoms with Crippen molar-refractivity contribution in [2.75, 3.05) is 38.2 Å². The van der Waals surface area contributed by atoms with E-state index in [0.29, 0.717) is 26.2 Å². The minimum absolute atomic E-state index is 0.263. The number of ether oxygens (including phenoxy) is 1. The lowest BCUT2D eigenvalue weighted by Gasteiger charge is -2.36. The summed E-state index contributed by atoms with van der Waals surface area (Å²) in [7, 11) is -3.06. The number of amides is 1. The van der Waals surface area contributed by atoms with Crippen molar-refractivity contribution in [3.63, 3.8) is 0 Å². The first-order valence-corrected chi connectivity index (χ1v) is 10.2. The number of benzene rings is 2. The van der Waals surface area contributed by atoms with Gasteiger partial charge < -0.3 is 14.5 Å². The Morgan fingerprint density at radius 2 is 1.61 bits per heavy atom. The molecule has 1 saturated heterocycles. The minimum atomic E-state index is -4.67. The van der Waals surface area contributed by atoms with E-state index in [0.717, 1.165) is 23.6 Å². The van der Waals surface area contributed by atoms with Gasteiger partial charge in [0.25, 0.3) is 5.91 Å². The molecule has 0 saturated carbocycles. The van der Waals surface area contributed by atoms with E-state index < -0.39 is 20.5 Å². The van der Waals surface area contributed by atoms with Crippen molar-refractivity contribution in [2.24, 2.45) is 0 Å². The van der Waals surface area contributed by atoms with Gasteiger partial charge in [0.1, 0.15) is 5.75 Å². The average molecular weight is 410 g/mol. The van der Waals surface area contributed by atoms with Crippen LogP contribution in [0.5, 0.6) is 5.75 Å². The number of carbonyl (C=O) groups is 1. The summed E-state index contributed by atoms with van der Waals surface area (Å²) in [6.45, 7) is 2.19. The lowest BCUT2D eigenvalue weighted by Crippen LogP contribution is -2.48. The van der Waals surface area contributed by atoms with Gasteiger partial charge in [-0.1, -0.05) is 12.1 Å². The number of methoxy groups -OCH3 is 1. The molecule has 1 fully saturated rings. The molecule has 9 heteroatoms. The fraction of sp³-hybridized carbons (Fsp3) is 0.316. The van der Waals surface area contributed by atoms with Crippen LogP contribution in [0.2, 0.25) is 0 Å². The number of para-hydroxylation sites is 2. The normalized spacial score (nSPS) is 15.0. The molecule has 0 bridgehead atoms. The number of halogens is 2. The minimum Gasteiger partial charge on any atom is -0.495 e.